The molecule has 1 aliphatic rings. The van der Waals surface area contributed by atoms with Crippen molar-refractivity contribution in [3.63, 3.8) is 0 Å². The van der Waals surface area contributed by atoms with Gasteiger partial charge in [-0.3, -0.25) is 10.1 Å². The number of non-ortho nitro benzene ring substituents is 1. The summed E-state index contributed by atoms with van der Waals surface area (Å²) in [6, 6.07) is 6.09. The summed E-state index contributed by atoms with van der Waals surface area (Å²) >= 11 is 0. The fraction of sp³-hybridized carbons (Fsp3) is 0.533. The minimum absolute atomic E-state index is 0. The highest BCUT2D eigenvalue weighted by atomic mass is 127. The van der Waals surface area contributed by atoms with Crippen LogP contribution in [0.4, 0.5) is 5.69 Å². The van der Waals surface area contributed by atoms with Crippen molar-refractivity contribution in [1.29, 1.82) is 0 Å². The van der Waals surface area contributed by atoms with Crippen molar-refractivity contribution in [3.05, 3.63) is 39.9 Å². The van der Waals surface area contributed by atoms with Crippen LogP contribution < -0.4 is 10.6 Å². The molecule has 1 fully saturated rings. The molecular formula is C15H23IN4O4S. The number of rotatable bonds is 6. The predicted octanol–water partition coefficient (Wildman–Crippen LogP) is 1.85. The summed E-state index contributed by atoms with van der Waals surface area (Å²) in [6.45, 7) is 3.11. The normalized spacial score (nSPS) is 19.1. The van der Waals surface area contributed by atoms with Gasteiger partial charge < -0.3 is 10.6 Å². The summed E-state index contributed by atoms with van der Waals surface area (Å²) in [5.41, 5.74) is 0.888. The molecule has 0 bridgehead atoms. The van der Waals surface area contributed by atoms with Crippen molar-refractivity contribution in [1.82, 2.24) is 10.6 Å². The lowest BCUT2D eigenvalue weighted by Gasteiger charge is -2.16. The summed E-state index contributed by atoms with van der Waals surface area (Å²) < 4.78 is 23.1. The molecule has 1 unspecified atom stereocenters. The molecule has 0 radical (unpaired) electrons. The summed E-state index contributed by atoms with van der Waals surface area (Å²) in [5, 5.41) is 17.0. The van der Waals surface area contributed by atoms with Gasteiger partial charge in [0.2, 0.25) is 0 Å². The van der Waals surface area contributed by atoms with Gasteiger partial charge in [-0.1, -0.05) is 19.1 Å². The minimum Gasteiger partial charge on any atom is -0.356 e. The number of hydrogen-bond acceptors (Lipinski definition) is 5. The van der Waals surface area contributed by atoms with Crippen LogP contribution in [0.25, 0.3) is 0 Å². The van der Waals surface area contributed by atoms with E-state index in [0.29, 0.717) is 18.9 Å². The van der Waals surface area contributed by atoms with Gasteiger partial charge in [0.25, 0.3) is 5.69 Å². The number of nitro benzene ring substituents is 1. The van der Waals surface area contributed by atoms with E-state index in [9.17, 15) is 18.5 Å². The first kappa shape index (κ1) is 21.6. The first-order valence-electron chi connectivity index (χ1n) is 7.88. The zero-order valence-electron chi connectivity index (χ0n) is 14.0. The van der Waals surface area contributed by atoms with Crippen LogP contribution in [-0.4, -0.2) is 43.4 Å². The lowest BCUT2D eigenvalue weighted by Crippen LogP contribution is -2.44. The topological polar surface area (TPSA) is 114 Å². The standard InChI is InChI=1S/C15H22N4O4S.HI/c1-2-8-16-15(18-13-7-9-24(22,23)11-13)17-10-12-3-5-14(6-4-12)19(20)21;/h3-6,13H,2,7-11H2,1H3,(H2,16,17,18);1H. The van der Waals surface area contributed by atoms with Crippen LogP contribution in [0.1, 0.15) is 25.3 Å². The molecule has 1 aromatic carbocycles. The first-order valence-corrected chi connectivity index (χ1v) is 9.70. The maximum absolute atomic E-state index is 11.5. The third-order valence-corrected chi connectivity index (χ3v) is 5.45. The molecule has 25 heavy (non-hydrogen) atoms. The van der Waals surface area contributed by atoms with E-state index in [1.807, 2.05) is 6.92 Å². The van der Waals surface area contributed by atoms with Crippen LogP contribution in [0.15, 0.2) is 29.3 Å². The van der Waals surface area contributed by atoms with E-state index in [-0.39, 0.29) is 47.2 Å². The number of nitrogens with zero attached hydrogens (tertiary/aromatic N) is 2. The van der Waals surface area contributed by atoms with Gasteiger partial charge in [0.1, 0.15) is 0 Å². The molecule has 2 N–H and O–H groups in total. The molecule has 2 rings (SSSR count). The number of aliphatic imine (C=N–C) groups is 1. The molecule has 10 heteroatoms. The number of guanidine groups is 1. The van der Waals surface area contributed by atoms with E-state index in [2.05, 4.69) is 15.6 Å². The highest BCUT2D eigenvalue weighted by Crippen LogP contribution is 2.13. The van der Waals surface area contributed by atoms with E-state index in [1.165, 1.54) is 12.1 Å². The average Bonchev–Trinajstić information content (AvgIpc) is 2.89. The van der Waals surface area contributed by atoms with Crippen LogP contribution in [0, 0.1) is 10.1 Å². The van der Waals surface area contributed by atoms with Crippen LogP contribution in [0.5, 0.6) is 0 Å². The van der Waals surface area contributed by atoms with Gasteiger partial charge in [-0.15, -0.1) is 24.0 Å². The monoisotopic (exact) mass is 482 g/mol. The Morgan fingerprint density at radius 2 is 2.04 bits per heavy atom. The predicted molar refractivity (Wildman–Crippen MR) is 108 cm³/mol. The Morgan fingerprint density at radius 3 is 2.56 bits per heavy atom. The second-order valence-corrected chi connectivity index (χ2v) is 7.99. The van der Waals surface area contributed by atoms with Crippen molar-refractivity contribution >= 4 is 45.5 Å². The maximum Gasteiger partial charge on any atom is 0.269 e. The molecule has 1 aliphatic heterocycles. The molecule has 0 saturated carbocycles. The van der Waals surface area contributed by atoms with Crippen LogP contribution in [0.2, 0.25) is 0 Å². The molecule has 0 aliphatic carbocycles. The van der Waals surface area contributed by atoms with Crippen molar-refractivity contribution in [2.75, 3.05) is 18.1 Å². The van der Waals surface area contributed by atoms with Crippen molar-refractivity contribution in [3.8, 4) is 0 Å². The summed E-state index contributed by atoms with van der Waals surface area (Å²) in [6.07, 6.45) is 1.49. The SMILES string of the molecule is CCCNC(=NCc1ccc([N+](=O)[O-])cc1)NC1CCS(=O)(=O)C1.I. The van der Waals surface area contributed by atoms with Gasteiger partial charge in [-0.25, -0.2) is 13.4 Å². The summed E-state index contributed by atoms with van der Waals surface area (Å²) in [7, 11) is -2.95. The third-order valence-electron chi connectivity index (χ3n) is 3.68. The van der Waals surface area contributed by atoms with E-state index >= 15 is 0 Å². The average molecular weight is 482 g/mol. The molecule has 8 nitrogen and oxygen atoms in total. The van der Waals surface area contributed by atoms with E-state index in [1.54, 1.807) is 12.1 Å². The van der Waals surface area contributed by atoms with Crippen LogP contribution >= 0.6 is 24.0 Å². The largest absolute Gasteiger partial charge is 0.356 e. The summed E-state index contributed by atoms with van der Waals surface area (Å²) in [4.78, 5) is 14.7. The zero-order valence-corrected chi connectivity index (χ0v) is 17.1. The number of halogens is 1. The van der Waals surface area contributed by atoms with Crippen LogP contribution in [0.3, 0.4) is 0 Å². The lowest BCUT2D eigenvalue weighted by atomic mass is 10.2. The van der Waals surface area contributed by atoms with Crippen molar-refractivity contribution < 1.29 is 13.3 Å². The Balaban J connectivity index is 0.00000312. The zero-order chi connectivity index (χ0) is 17.6. The van der Waals surface area contributed by atoms with Gasteiger partial charge in [0.05, 0.1) is 23.0 Å². The second kappa shape index (κ2) is 9.90. The smallest absolute Gasteiger partial charge is 0.269 e. The van der Waals surface area contributed by atoms with Gasteiger partial charge in [-0.05, 0) is 18.4 Å². The minimum atomic E-state index is -2.95. The van der Waals surface area contributed by atoms with Gasteiger partial charge in [0, 0.05) is 24.7 Å². The molecular weight excluding hydrogens is 459 g/mol. The summed E-state index contributed by atoms with van der Waals surface area (Å²) in [5.74, 6) is 0.892. The number of nitro groups is 1. The Bertz CT molecular complexity index is 707. The second-order valence-electron chi connectivity index (χ2n) is 5.76. The van der Waals surface area contributed by atoms with Crippen molar-refractivity contribution in [2.45, 2.75) is 32.4 Å². The third kappa shape index (κ3) is 7.14. The first-order chi connectivity index (χ1) is 11.4. The number of sulfone groups is 1. The Labute approximate surface area is 164 Å². The Morgan fingerprint density at radius 1 is 1.36 bits per heavy atom. The Kier molecular flexibility index (Phi) is 8.56. The molecule has 0 aromatic heterocycles. The van der Waals surface area contributed by atoms with Crippen LogP contribution in [-0.2, 0) is 16.4 Å². The fourth-order valence-corrected chi connectivity index (χ4v) is 4.06. The van der Waals surface area contributed by atoms with E-state index < -0.39 is 14.8 Å². The van der Waals surface area contributed by atoms with E-state index in [4.69, 9.17) is 0 Å². The molecule has 0 spiro atoms. The molecule has 1 heterocycles. The number of nitrogens with one attached hydrogen (secondary N) is 2. The number of benzene rings is 1. The van der Waals surface area contributed by atoms with E-state index in [0.717, 1.165) is 18.5 Å². The lowest BCUT2D eigenvalue weighted by molar-refractivity contribution is -0.384. The highest BCUT2D eigenvalue weighted by Gasteiger charge is 2.28. The number of hydrogen-bond donors (Lipinski definition) is 2. The highest BCUT2D eigenvalue weighted by molar-refractivity contribution is 14.0. The quantitative estimate of drug-likeness (QED) is 0.210. The van der Waals surface area contributed by atoms with Crippen molar-refractivity contribution in [2.24, 2.45) is 4.99 Å². The van der Waals surface area contributed by atoms with Gasteiger partial charge >= 0.3 is 0 Å². The Hall–Kier alpha value is -1.43. The van der Waals surface area contributed by atoms with Gasteiger partial charge in [-0.2, -0.15) is 0 Å². The molecule has 1 aromatic rings. The molecule has 1 atom stereocenters. The molecule has 1 saturated heterocycles. The van der Waals surface area contributed by atoms with Gasteiger partial charge in [0.15, 0.2) is 15.8 Å². The maximum atomic E-state index is 11.5. The fourth-order valence-electron chi connectivity index (χ4n) is 2.39. The molecule has 0 amide bonds. The molecule has 140 valence electrons.